The number of carbonyl (C=O) groups is 1. The second-order valence-corrected chi connectivity index (χ2v) is 6.63. The van der Waals surface area contributed by atoms with Crippen molar-refractivity contribution in [2.24, 2.45) is 4.99 Å². The summed E-state index contributed by atoms with van der Waals surface area (Å²) in [6.07, 6.45) is 0.287. The van der Waals surface area contributed by atoms with E-state index < -0.39 is 6.61 Å². The number of ether oxygens (including phenoxy) is 1. The minimum atomic E-state index is -2.84. The molecule has 0 fully saturated rings. The molecule has 0 aliphatic rings. The quantitative estimate of drug-likeness (QED) is 0.269. The van der Waals surface area contributed by atoms with Crippen LogP contribution in [0.25, 0.3) is 0 Å². The molecule has 0 atom stereocenters. The lowest BCUT2D eigenvalue weighted by Gasteiger charge is -2.22. The lowest BCUT2D eigenvalue weighted by atomic mass is 10.2. The fraction of sp³-hybridized carbons (Fsp3) is 0.364. The normalized spacial score (nSPS) is 10.9. The topological polar surface area (TPSA) is 66.0 Å². The molecule has 0 heterocycles. The zero-order valence-corrected chi connectivity index (χ0v) is 20.0. The number of alkyl halides is 2. The van der Waals surface area contributed by atoms with Gasteiger partial charge in [-0.15, -0.1) is 24.0 Å². The van der Waals surface area contributed by atoms with Gasteiger partial charge in [-0.3, -0.25) is 9.79 Å². The van der Waals surface area contributed by atoms with Crippen LogP contribution in [0.5, 0.6) is 5.75 Å². The van der Waals surface area contributed by atoms with Crippen LogP contribution in [-0.4, -0.2) is 43.5 Å². The van der Waals surface area contributed by atoms with Crippen LogP contribution in [0.4, 0.5) is 8.78 Å². The number of carbonyl (C=O) groups excluding carboxylic acids is 1. The first-order valence-corrected chi connectivity index (χ1v) is 9.81. The van der Waals surface area contributed by atoms with E-state index in [-0.39, 0.29) is 42.1 Å². The molecule has 31 heavy (non-hydrogen) atoms. The van der Waals surface area contributed by atoms with Crippen LogP contribution < -0.4 is 15.4 Å². The Morgan fingerprint density at radius 3 is 2.35 bits per heavy atom. The van der Waals surface area contributed by atoms with E-state index in [4.69, 9.17) is 0 Å². The maximum Gasteiger partial charge on any atom is 0.387 e. The maximum absolute atomic E-state index is 12.2. The van der Waals surface area contributed by atoms with Gasteiger partial charge in [0.2, 0.25) is 5.91 Å². The van der Waals surface area contributed by atoms with Gasteiger partial charge in [-0.1, -0.05) is 42.5 Å². The average Bonchev–Trinajstić information content (AvgIpc) is 2.73. The molecule has 0 saturated carbocycles. The van der Waals surface area contributed by atoms with Crippen molar-refractivity contribution in [2.45, 2.75) is 33.0 Å². The van der Waals surface area contributed by atoms with E-state index in [1.165, 1.54) is 12.1 Å². The number of hydrogen-bond donors (Lipinski definition) is 2. The number of nitrogens with zero attached hydrogens (tertiary/aromatic N) is 2. The van der Waals surface area contributed by atoms with E-state index in [0.717, 1.165) is 11.1 Å². The minimum Gasteiger partial charge on any atom is -0.435 e. The molecule has 2 rings (SSSR count). The molecule has 0 aliphatic carbocycles. The average molecular weight is 546 g/mol. The third-order valence-corrected chi connectivity index (χ3v) is 4.20. The van der Waals surface area contributed by atoms with Crippen molar-refractivity contribution < 1.29 is 18.3 Å². The molecule has 0 bridgehead atoms. The number of rotatable bonds is 10. The van der Waals surface area contributed by atoms with Crippen molar-refractivity contribution in [3.05, 3.63) is 65.7 Å². The highest BCUT2D eigenvalue weighted by Gasteiger charge is 2.09. The molecule has 0 unspecified atom stereocenters. The maximum atomic E-state index is 12.2. The fourth-order valence-corrected chi connectivity index (χ4v) is 2.74. The Kier molecular flexibility index (Phi) is 12.5. The van der Waals surface area contributed by atoms with Crippen LogP contribution in [0.2, 0.25) is 0 Å². The largest absolute Gasteiger partial charge is 0.435 e. The zero-order valence-electron chi connectivity index (χ0n) is 17.7. The number of halogens is 3. The number of nitrogens with one attached hydrogen (secondary N) is 2. The summed E-state index contributed by atoms with van der Waals surface area (Å²) in [5, 5.41) is 6.08. The molecule has 2 aromatic carbocycles. The number of amides is 1. The summed E-state index contributed by atoms with van der Waals surface area (Å²) >= 11 is 0. The predicted molar refractivity (Wildman–Crippen MR) is 129 cm³/mol. The Bertz CT molecular complexity index is 805. The van der Waals surface area contributed by atoms with Crippen LogP contribution in [0.15, 0.2) is 59.6 Å². The number of benzene rings is 2. The molecule has 2 N–H and O–H groups in total. The van der Waals surface area contributed by atoms with E-state index in [0.29, 0.717) is 32.1 Å². The van der Waals surface area contributed by atoms with Gasteiger partial charge in [0.25, 0.3) is 0 Å². The molecule has 0 radical (unpaired) electrons. The first-order chi connectivity index (χ1) is 14.5. The van der Waals surface area contributed by atoms with Crippen LogP contribution in [0, 0.1) is 0 Å². The van der Waals surface area contributed by atoms with Crippen molar-refractivity contribution in [1.29, 1.82) is 0 Å². The number of aliphatic imine (C=N–C) groups is 1. The van der Waals surface area contributed by atoms with Gasteiger partial charge in [0.1, 0.15) is 5.75 Å². The molecular formula is C22H29F2IN4O2. The van der Waals surface area contributed by atoms with Crippen LogP contribution in [0.3, 0.4) is 0 Å². The summed E-state index contributed by atoms with van der Waals surface area (Å²) in [6, 6.07) is 16.2. The molecule has 2 aromatic rings. The zero-order chi connectivity index (χ0) is 21.8. The van der Waals surface area contributed by atoms with Crippen molar-refractivity contribution >= 4 is 35.8 Å². The smallest absolute Gasteiger partial charge is 0.387 e. The summed E-state index contributed by atoms with van der Waals surface area (Å²) in [6.45, 7) is 1.19. The first kappa shape index (κ1) is 26.6. The summed E-state index contributed by atoms with van der Waals surface area (Å²) < 4.78 is 28.9. The molecular weight excluding hydrogens is 517 g/mol. The Morgan fingerprint density at radius 2 is 1.74 bits per heavy atom. The first-order valence-electron chi connectivity index (χ1n) is 9.81. The van der Waals surface area contributed by atoms with Gasteiger partial charge in [-0.2, -0.15) is 8.78 Å². The number of guanidine groups is 1. The second-order valence-electron chi connectivity index (χ2n) is 6.63. The van der Waals surface area contributed by atoms with E-state index in [2.05, 4.69) is 20.4 Å². The van der Waals surface area contributed by atoms with Gasteiger partial charge in [0.15, 0.2) is 5.96 Å². The highest BCUT2D eigenvalue weighted by atomic mass is 127. The third-order valence-electron chi connectivity index (χ3n) is 4.20. The highest BCUT2D eigenvalue weighted by molar-refractivity contribution is 14.0. The van der Waals surface area contributed by atoms with Crippen molar-refractivity contribution in [3.8, 4) is 5.75 Å². The Labute approximate surface area is 199 Å². The fourth-order valence-electron chi connectivity index (χ4n) is 2.74. The van der Waals surface area contributed by atoms with Gasteiger partial charge in [-0.05, 0) is 30.2 Å². The van der Waals surface area contributed by atoms with E-state index in [1.807, 2.05) is 49.2 Å². The summed E-state index contributed by atoms with van der Waals surface area (Å²) in [4.78, 5) is 18.5. The predicted octanol–water partition coefficient (Wildman–Crippen LogP) is 4.01. The molecule has 0 saturated heterocycles. The Balaban J connectivity index is 0.00000480. The lowest BCUT2D eigenvalue weighted by molar-refractivity contribution is -0.121. The van der Waals surface area contributed by atoms with Crippen LogP contribution in [0.1, 0.15) is 24.5 Å². The van der Waals surface area contributed by atoms with E-state index in [9.17, 15) is 13.6 Å². The Hall–Kier alpha value is -2.43. The van der Waals surface area contributed by atoms with E-state index in [1.54, 1.807) is 12.1 Å². The molecule has 0 aromatic heterocycles. The lowest BCUT2D eigenvalue weighted by Crippen LogP contribution is -2.38. The van der Waals surface area contributed by atoms with Crippen molar-refractivity contribution in [1.82, 2.24) is 15.5 Å². The number of hydrogen-bond acceptors (Lipinski definition) is 3. The van der Waals surface area contributed by atoms with Crippen molar-refractivity contribution in [2.75, 3.05) is 20.1 Å². The molecule has 0 spiro atoms. The van der Waals surface area contributed by atoms with Gasteiger partial charge >= 0.3 is 6.61 Å². The van der Waals surface area contributed by atoms with Crippen molar-refractivity contribution in [3.63, 3.8) is 0 Å². The van der Waals surface area contributed by atoms with Gasteiger partial charge in [-0.25, -0.2) is 0 Å². The second kappa shape index (κ2) is 14.6. The molecule has 170 valence electrons. The SMILES string of the molecule is CCNC(=NCCC(=O)NCc1ccccc1)N(C)Cc1ccc(OC(F)F)cc1.I. The monoisotopic (exact) mass is 546 g/mol. The van der Waals surface area contributed by atoms with E-state index >= 15 is 0 Å². The minimum absolute atomic E-state index is 0. The van der Waals surface area contributed by atoms with Gasteiger partial charge in [0, 0.05) is 33.1 Å². The van der Waals surface area contributed by atoms with Gasteiger partial charge < -0.3 is 20.3 Å². The summed E-state index contributed by atoms with van der Waals surface area (Å²) in [5.41, 5.74) is 1.97. The summed E-state index contributed by atoms with van der Waals surface area (Å²) in [5.74, 6) is 0.732. The molecule has 0 aliphatic heterocycles. The third kappa shape index (κ3) is 10.4. The van der Waals surface area contributed by atoms with Gasteiger partial charge in [0.05, 0.1) is 6.54 Å². The summed E-state index contributed by atoms with van der Waals surface area (Å²) in [7, 11) is 1.88. The molecule has 1 amide bonds. The molecule has 9 heteroatoms. The Morgan fingerprint density at radius 1 is 1.06 bits per heavy atom. The standard InChI is InChI=1S/C22H28F2N4O2.HI/c1-3-25-22(26-14-13-20(29)27-15-17-7-5-4-6-8-17)28(2)16-18-9-11-19(12-10-18)30-21(23)24;/h4-12,21H,3,13-16H2,1-2H3,(H,25,26)(H,27,29);1H. The highest BCUT2D eigenvalue weighted by Crippen LogP contribution is 2.15. The van der Waals surface area contributed by atoms with Crippen LogP contribution >= 0.6 is 24.0 Å². The molecule has 6 nitrogen and oxygen atoms in total. The van der Waals surface area contributed by atoms with Crippen LogP contribution in [-0.2, 0) is 17.9 Å².